The fraction of sp³-hybridized carbons (Fsp3) is 0.500. The van der Waals surface area contributed by atoms with Crippen LogP contribution in [-0.2, 0) is 0 Å². The molecule has 1 aliphatic heterocycles. The third-order valence-corrected chi connectivity index (χ3v) is 3.68. The molecule has 1 fully saturated rings. The van der Waals surface area contributed by atoms with Gasteiger partial charge in [0.2, 0.25) is 0 Å². The minimum Gasteiger partial charge on any atom is -0.508 e. The van der Waals surface area contributed by atoms with Crippen molar-refractivity contribution >= 4 is 11.9 Å². The Hall–Kier alpha value is -2.24. The molecule has 1 aromatic carbocycles. The molecule has 2 rings (SSSR count). The van der Waals surface area contributed by atoms with Gasteiger partial charge in [0.1, 0.15) is 5.75 Å². The van der Waals surface area contributed by atoms with Crippen molar-refractivity contribution in [1.29, 1.82) is 0 Å². The molecule has 120 valence electrons. The highest BCUT2D eigenvalue weighted by atomic mass is 16.3. The van der Waals surface area contributed by atoms with Crippen LogP contribution in [-0.4, -0.2) is 48.1 Å². The number of rotatable bonds is 5. The van der Waals surface area contributed by atoms with Gasteiger partial charge in [-0.15, -0.1) is 0 Å². The lowest BCUT2D eigenvalue weighted by Crippen LogP contribution is -2.41. The van der Waals surface area contributed by atoms with Crippen LogP contribution >= 0.6 is 0 Å². The van der Waals surface area contributed by atoms with Crippen molar-refractivity contribution in [3.8, 4) is 5.75 Å². The van der Waals surface area contributed by atoms with Crippen LogP contribution in [0.1, 0.15) is 36.0 Å². The smallest absolute Gasteiger partial charge is 0.251 e. The first kappa shape index (κ1) is 16.1. The number of hydrogen-bond donors (Lipinski definition) is 3. The Bertz CT molecular complexity index is 525. The van der Waals surface area contributed by atoms with E-state index in [1.807, 2.05) is 0 Å². The van der Waals surface area contributed by atoms with Gasteiger partial charge in [-0.25, -0.2) is 0 Å². The number of phenols is 1. The largest absolute Gasteiger partial charge is 0.508 e. The maximum Gasteiger partial charge on any atom is 0.251 e. The maximum atomic E-state index is 11.9. The highest BCUT2D eigenvalue weighted by Crippen LogP contribution is 2.10. The zero-order chi connectivity index (χ0) is 15.8. The van der Waals surface area contributed by atoms with E-state index in [1.54, 1.807) is 12.1 Å². The lowest BCUT2D eigenvalue weighted by atomic mass is 10.1. The zero-order valence-corrected chi connectivity index (χ0v) is 12.8. The highest BCUT2D eigenvalue weighted by Gasteiger charge is 2.11. The van der Waals surface area contributed by atoms with E-state index >= 15 is 0 Å². The fourth-order valence-corrected chi connectivity index (χ4v) is 2.45. The number of amides is 1. The number of likely N-dealkylation sites (tertiary alicyclic amines) is 1. The summed E-state index contributed by atoms with van der Waals surface area (Å²) in [5, 5.41) is 12.1. The number of nitrogens with one attached hydrogen (secondary N) is 1. The van der Waals surface area contributed by atoms with Crippen LogP contribution in [0.15, 0.2) is 29.3 Å². The molecule has 1 aliphatic rings. The van der Waals surface area contributed by atoms with E-state index in [0.717, 1.165) is 19.5 Å². The van der Waals surface area contributed by atoms with Crippen LogP contribution in [0.25, 0.3) is 0 Å². The fourth-order valence-electron chi connectivity index (χ4n) is 2.45. The van der Waals surface area contributed by atoms with Gasteiger partial charge in [0.05, 0.1) is 0 Å². The Kier molecular flexibility index (Phi) is 6.06. The van der Waals surface area contributed by atoms with Gasteiger partial charge in [0.25, 0.3) is 5.91 Å². The summed E-state index contributed by atoms with van der Waals surface area (Å²) in [5.74, 6) is 0.509. The summed E-state index contributed by atoms with van der Waals surface area (Å²) in [6.07, 6.45) is 4.36. The van der Waals surface area contributed by atoms with Gasteiger partial charge in [-0.3, -0.25) is 9.79 Å². The molecule has 0 saturated carbocycles. The molecule has 6 nitrogen and oxygen atoms in total. The molecule has 0 radical (unpaired) electrons. The summed E-state index contributed by atoms with van der Waals surface area (Å²) in [4.78, 5) is 18.3. The van der Waals surface area contributed by atoms with E-state index in [-0.39, 0.29) is 11.7 Å². The van der Waals surface area contributed by atoms with E-state index in [4.69, 9.17) is 5.73 Å². The highest BCUT2D eigenvalue weighted by molar-refractivity contribution is 5.94. The van der Waals surface area contributed by atoms with Gasteiger partial charge in [-0.05, 0) is 43.9 Å². The van der Waals surface area contributed by atoms with Gasteiger partial charge in [-0.1, -0.05) is 6.07 Å². The van der Waals surface area contributed by atoms with Crippen molar-refractivity contribution in [3.05, 3.63) is 29.8 Å². The van der Waals surface area contributed by atoms with Gasteiger partial charge in [-0.2, -0.15) is 0 Å². The second-order valence-corrected chi connectivity index (χ2v) is 5.45. The molecule has 1 amide bonds. The number of piperidine rings is 1. The van der Waals surface area contributed by atoms with Gasteiger partial charge < -0.3 is 21.1 Å². The summed E-state index contributed by atoms with van der Waals surface area (Å²) >= 11 is 0. The van der Waals surface area contributed by atoms with E-state index in [1.165, 1.54) is 31.4 Å². The molecule has 22 heavy (non-hydrogen) atoms. The predicted molar refractivity (Wildman–Crippen MR) is 87.0 cm³/mol. The number of aliphatic imine (C=N–C) groups is 1. The topological polar surface area (TPSA) is 90.9 Å². The Morgan fingerprint density at radius 1 is 1.32 bits per heavy atom. The number of guanidine groups is 1. The van der Waals surface area contributed by atoms with Crippen LogP contribution < -0.4 is 11.1 Å². The predicted octanol–water partition coefficient (Wildman–Crippen LogP) is 1.31. The number of nitrogens with two attached hydrogens (primary N) is 1. The minimum atomic E-state index is -0.191. The third kappa shape index (κ3) is 4.95. The molecule has 0 bridgehead atoms. The standard InChI is InChI=1S/C16H24N4O2/c17-16(20-10-2-1-3-11-20)19-9-5-8-18-15(22)13-6-4-7-14(21)12-13/h4,6-7,12,21H,1-3,5,8-11H2,(H2,17,19)(H,18,22). The third-order valence-electron chi connectivity index (χ3n) is 3.68. The van der Waals surface area contributed by atoms with Crippen LogP contribution in [0, 0.1) is 0 Å². The number of benzene rings is 1. The van der Waals surface area contributed by atoms with Crippen molar-refractivity contribution in [3.63, 3.8) is 0 Å². The molecule has 1 aromatic rings. The summed E-state index contributed by atoms with van der Waals surface area (Å²) in [7, 11) is 0. The molecule has 0 spiro atoms. The van der Waals surface area contributed by atoms with Crippen molar-refractivity contribution in [2.45, 2.75) is 25.7 Å². The maximum absolute atomic E-state index is 11.9. The molecule has 6 heteroatoms. The molecule has 1 saturated heterocycles. The SMILES string of the molecule is NC(=NCCCNC(=O)c1cccc(O)c1)N1CCCCC1. The van der Waals surface area contributed by atoms with Crippen molar-refractivity contribution in [2.75, 3.05) is 26.2 Å². The summed E-state index contributed by atoms with van der Waals surface area (Å²) in [6.45, 7) is 3.11. The number of carbonyl (C=O) groups excluding carboxylic acids is 1. The van der Waals surface area contributed by atoms with Crippen LogP contribution in [0.2, 0.25) is 0 Å². The van der Waals surface area contributed by atoms with E-state index in [2.05, 4.69) is 15.2 Å². The Morgan fingerprint density at radius 3 is 2.82 bits per heavy atom. The van der Waals surface area contributed by atoms with Gasteiger partial charge in [0.15, 0.2) is 5.96 Å². The Morgan fingerprint density at radius 2 is 2.09 bits per heavy atom. The second-order valence-electron chi connectivity index (χ2n) is 5.45. The molecule has 0 aromatic heterocycles. The summed E-state index contributed by atoms with van der Waals surface area (Å²) < 4.78 is 0. The Balaban J connectivity index is 1.67. The van der Waals surface area contributed by atoms with Gasteiger partial charge >= 0.3 is 0 Å². The van der Waals surface area contributed by atoms with Crippen LogP contribution in [0.3, 0.4) is 0 Å². The number of nitrogens with zero attached hydrogens (tertiary/aromatic N) is 2. The van der Waals surface area contributed by atoms with E-state index in [0.29, 0.717) is 24.6 Å². The van der Waals surface area contributed by atoms with Crippen LogP contribution in [0.5, 0.6) is 5.75 Å². The normalized spacial score (nSPS) is 15.6. The number of aromatic hydroxyl groups is 1. The van der Waals surface area contributed by atoms with Crippen LogP contribution in [0.4, 0.5) is 0 Å². The monoisotopic (exact) mass is 304 g/mol. The Labute approximate surface area is 131 Å². The van der Waals surface area contributed by atoms with Crippen molar-refractivity contribution in [1.82, 2.24) is 10.2 Å². The first-order valence-electron chi connectivity index (χ1n) is 7.79. The molecule has 0 aliphatic carbocycles. The second kappa shape index (κ2) is 8.26. The lowest BCUT2D eigenvalue weighted by molar-refractivity contribution is 0.0953. The molecule has 1 heterocycles. The molecular formula is C16H24N4O2. The quantitative estimate of drug-likeness (QED) is 0.434. The number of phenolic OH excluding ortho intramolecular Hbond substituents is 1. The van der Waals surface area contributed by atoms with Crippen molar-refractivity contribution < 1.29 is 9.90 Å². The molecule has 0 atom stereocenters. The zero-order valence-electron chi connectivity index (χ0n) is 12.8. The van der Waals surface area contributed by atoms with Crippen molar-refractivity contribution in [2.24, 2.45) is 10.7 Å². The number of carbonyl (C=O) groups is 1. The molecule has 4 N–H and O–H groups in total. The lowest BCUT2D eigenvalue weighted by Gasteiger charge is -2.27. The first-order valence-corrected chi connectivity index (χ1v) is 7.79. The number of hydrogen-bond acceptors (Lipinski definition) is 3. The first-order chi connectivity index (χ1) is 10.7. The average molecular weight is 304 g/mol. The van der Waals surface area contributed by atoms with E-state index in [9.17, 15) is 9.90 Å². The molecule has 0 unspecified atom stereocenters. The summed E-state index contributed by atoms with van der Waals surface area (Å²) in [6, 6.07) is 6.30. The average Bonchev–Trinajstić information content (AvgIpc) is 2.55. The molecular weight excluding hydrogens is 280 g/mol. The van der Waals surface area contributed by atoms with Gasteiger partial charge in [0, 0.05) is 31.7 Å². The minimum absolute atomic E-state index is 0.0894. The van der Waals surface area contributed by atoms with E-state index < -0.39 is 0 Å². The summed E-state index contributed by atoms with van der Waals surface area (Å²) in [5.41, 5.74) is 6.41.